The van der Waals surface area contributed by atoms with Crippen molar-refractivity contribution in [1.82, 2.24) is 18.3 Å². The minimum absolute atomic E-state index is 0.00696. The lowest BCUT2D eigenvalue weighted by molar-refractivity contribution is 1.15. The van der Waals surface area contributed by atoms with Gasteiger partial charge in [0.25, 0.3) is 0 Å². The van der Waals surface area contributed by atoms with Crippen LogP contribution in [0, 0.1) is 0 Å². The highest BCUT2D eigenvalue weighted by Gasteiger charge is 2.26. The van der Waals surface area contributed by atoms with Gasteiger partial charge in [-0.3, -0.25) is 0 Å². The van der Waals surface area contributed by atoms with E-state index in [0.29, 0.717) is 22.7 Å². The summed E-state index contributed by atoms with van der Waals surface area (Å²) in [6.07, 6.45) is 0. The number of rotatable bonds is 7. The van der Waals surface area contributed by atoms with Crippen molar-refractivity contribution in [3.8, 4) is 22.7 Å². The second kappa shape index (κ2) is 15.6. The fourth-order valence-corrected chi connectivity index (χ4v) is 10.7. The molecular weight excluding hydrogens is 860 g/mol. The molecule has 0 bridgehead atoms. The Morgan fingerprint density at radius 2 is 0.493 bits per heavy atom. The predicted molar refractivity (Wildman–Crippen MR) is 301 cm³/mol. The van der Waals surface area contributed by atoms with Crippen molar-refractivity contribution in [2.24, 2.45) is 0 Å². The molecule has 0 saturated heterocycles. The maximum absolute atomic E-state index is 9.71. The molecule has 0 atom stereocenters. The predicted octanol–water partition coefficient (Wildman–Crippen LogP) is 14.6. The van der Waals surface area contributed by atoms with Crippen LogP contribution in [0.2, 0.25) is 0 Å². The van der Waals surface area contributed by atoms with Gasteiger partial charge in [-0.05, 0) is 72.7 Å². The molecule has 330 valence electrons. The van der Waals surface area contributed by atoms with Crippen LogP contribution in [0.3, 0.4) is 0 Å². The van der Waals surface area contributed by atoms with E-state index < -0.39 is 128 Å². The van der Waals surface area contributed by atoms with E-state index in [4.69, 9.17) is 11.0 Å². The first-order valence-electron chi connectivity index (χ1n) is 32.9. The molecule has 11 aromatic carbocycles. The lowest BCUT2D eigenvalue weighted by atomic mass is 9.37. The first-order valence-corrected chi connectivity index (χ1v) is 22.9. The van der Waals surface area contributed by atoms with Crippen LogP contribution >= 0.6 is 0 Å². The van der Waals surface area contributed by atoms with E-state index >= 15 is 0 Å². The summed E-state index contributed by atoms with van der Waals surface area (Å²) in [5.74, 6) is 0. The SMILES string of the molecule is [2H]c1c([2H])c([2H])c2c(c1[2H])c1c([2H])c([2H])c3c4c([2H])c([2H])c([2H])c([2H])c4n(-c4ccc(B(c5ccccc5)c5ccc(-n6c7c([2H])c([2H])c([2H])c([2H])c7c7c([2H])c([2H])c8c9c([2H])c([2H])c([2H])c([2H])c9n(-c9ccccc9)c8c76)cc5)cc4)c3c1n2-c1ccccc1. The van der Waals surface area contributed by atoms with Gasteiger partial charge < -0.3 is 18.3 Å². The Morgan fingerprint density at radius 1 is 0.239 bits per heavy atom. The molecule has 4 aromatic heterocycles. The van der Waals surface area contributed by atoms with Gasteiger partial charge in [0.05, 0.1) is 71.5 Å². The van der Waals surface area contributed by atoms with Crippen molar-refractivity contribution in [2.45, 2.75) is 0 Å². The Bertz CT molecular complexity index is 5420. The number of hydrogen-bond acceptors (Lipinski definition) is 0. The molecule has 4 nitrogen and oxygen atoms in total. The maximum Gasteiger partial charge on any atom is 0.241 e. The largest absolute Gasteiger partial charge is 0.307 e. The van der Waals surface area contributed by atoms with E-state index in [1.807, 2.05) is 54.6 Å². The molecule has 0 spiro atoms. The Balaban J connectivity index is 0.991. The lowest BCUT2D eigenvalue weighted by Crippen LogP contribution is -2.51. The Kier molecular flexibility index (Phi) is 5.45. The normalized spacial score (nSPS) is 15.9. The zero-order valence-electron chi connectivity index (χ0n) is 57.1. The highest BCUT2D eigenvalue weighted by Crippen LogP contribution is 2.43. The molecule has 0 amide bonds. The first kappa shape index (κ1) is 24.8. The number of fused-ring (bicyclic) bond motifs is 14. The van der Waals surface area contributed by atoms with Gasteiger partial charge in [0.15, 0.2) is 0 Å². The highest BCUT2D eigenvalue weighted by atomic mass is 15.1. The molecule has 0 saturated carbocycles. The smallest absolute Gasteiger partial charge is 0.241 e. The average molecular weight is 923 g/mol. The van der Waals surface area contributed by atoms with E-state index in [1.54, 1.807) is 103 Å². The molecule has 0 fully saturated rings. The van der Waals surface area contributed by atoms with Crippen LogP contribution in [0.25, 0.3) is 110 Å². The zero-order chi connectivity index (χ0) is 64.0. The molecule has 0 N–H and O–H groups in total. The van der Waals surface area contributed by atoms with Crippen molar-refractivity contribution in [2.75, 3.05) is 0 Å². The van der Waals surface area contributed by atoms with Crippen LogP contribution < -0.4 is 16.4 Å². The summed E-state index contributed by atoms with van der Waals surface area (Å²) in [5.41, 5.74) is 4.64. The third-order valence-electron chi connectivity index (χ3n) is 13.6. The van der Waals surface area contributed by atoms with Gasteiger partial charge >= 0.3 is 0 Å². The number of hydrogen-bond donors (Lipinski definition) is 0. The molecule has 15 aromatic rings. The molecule has 0 unspecified atom stereocenters. The van der Waals surface area contributed by atoms with Crippen molar-refractivity contribution in [3.63, 3.8) is 0 Å². The monoisotopic (exact) mass is 922 g/mol. The van der Waals surface area contributed by atoms with Crippen molar-refractivity contribution in [3.05, 3.63) is 260 Å². The van der Waals surface area contributed by atoms with Gasteiger partial charge in [-0.1, -0.05) is 204 Å². The number of para-hydroxylation sites is 6. The molecule has 15 rings (SSSR count). The van der Waals surface area contributed by atoms with E-state index in [9.17, 15) is 16.4 Å². The summed E-state index contributed by atoms with van der Waals surface area (Å²) < 4.78 is 191. The van der Waals surface area contributed by atoms with Crippen LogP contribution in [-0.4, -0.2) is 25.0 Å². The molecule has 4 heterocycles. The zero-order valence-corrected chi connectivity index (χ0v) is 37.1. The Morgan fingerprint density at radius 3 is 0.803 bits per heavy atom. The summed E-state index contributed by atoms with van der Waals surface area (Å²) in [5, 5.41) is -0.0496. The summed E-state index contributed by atoms with van der Waals surface area (Å²) in [7, 11) is 0. The van der Waals surface area contributed by atoms with E-state index in [-0.39, 0.29) is 87.2 Å². The minimum atomic E-state index is -0.565. The van der Waals surface area contributed by atoms with Crippen molar-refractivity contribution in [1.29, 1.82) is 0 Å². The third-order valence-corrected chi connectivity index (χ3v) is 13.6. The number of nitrogens with zero attached hydrogens (tertiary/aromatic N) is 4. The van der Waals surface area contributed by atoms with Gasteiger partial charge in [0, 0.05) is 65.8 Å². The van der Waals surface area contributed by atoms with Gasteiger partial charge in [-0.2, -0.15) is 0 Å². The molecule has 0 aliphatic heterocycles. The summed E-state index contributed by atoms with van der Waals surface area (Å²) in [6.45, 7) is -0.542. The highest BCUT2D eigenvalue weighted by molar-refractivity contribution is 6.95. The summed E-state index contributed by atoms with van der Waals surface area (Å²) in [6, 6.07) is 32.1. The van der Waals surface area contributed by atoms with Crippen LogP contribution in [0.15, 0.2) is 260 Å². The second-order valence-corrected chi connectivity index (χ2v) is 17.3. The summed E-state index contributed by atoms with van der Waals surface area (Å²) >= 11 is 0. The van der Waals surface area contributed by atoms with Crippen molar-refractivity contribution < 1.29 is 27.4 Å². The number of benzene rings is 11. The molecule has 0 radical (unpaired) electrons. The van der Waals surface area contributed by atoms with Gasteiger partial charge in [-0.15, -0.1) is 0 Å². The quantitative estimate of drug-likeness (QED) is 0.142. The van der Waals surface area contributed by atoms with Gasteiger partial charge in [0.2, 0.25) is 6.71 Å². The second-order valence-electron chi connectivity index (χ2n) is 17.3. The minimum Gasteiger partial charge on any atom is -0.307 e. The molecule has 5 heteroatoms. The molecule has 0 aliphatic rings. The van der Waals surface area contributed by atoms with Crippen LogP contribution in [0.1, 0.15) is 27.4 Å². The summed E-state index contributed by atoms with van der Waals surface area (Å²) in [4.78, 5) is 0. The van der Waals surface area contributed by atoms with Crippen molar-refractivity contribution >= 4 is 110 Å². The van der Waals surface area contributed by atoms with Crippen LogP contribution in [-0.2, 0) is 0 Å². The van der Waals surface area contributed by atoms with Gasteiger partial charge in [-0.25, -0.2) is 0 Å². The van der Waals surface area contributed by atoms with Gasteiger partial charge in [0.1, 0.15) is 0 Å². The molecule has 71 heavy (non-hydrogen) atoms. The van der Waals surface area contributed by atoms with E-state index in [2.05, 4.69) is 0 Å². The first-order chi connectivity index (χ1) is 43.6. The van der Waals surface area contributed by atoms with Crippen LogP contribution in [0.4, 0.5) is 0 Å². The van der Waals surface area contributed by atoms with E-state index in [0.717, 1.165) is 16.4 Å². The molecule has 0 aliphatic carbocycles. The molecular formula is C66H43BN4. The Hall–Kier alpha value is -9.32. The maximum atomic E-state index is 9.71. The fourth-order valence-electron chi connectivity index (χ4n) is 10.7. The number of aromatic nitrogens is 4. The fraction of sp³-hybridized carbons (Fsp3) is 0. The van der Waals surface area contributed by atoms with Crippen LogP contribution in [0.5, 0.6) is 0 Å². The lowest BCUT2D eigenvalue weighted by Gasteiger charge is -2.18. The Labute approximate surface area is 438 Å². The standard InChI is InChI=1S/C66H43BN4/c1-4-18-44(19-5-1)67(45-32-36-49(37-33-45)70-61-30-16-12-26-53(61)57-42-40-55-51-24-10-14-28-59(51)68(63(55)65(57)70)47-20-6-2-7-21-47)46-34-38-50(39-35-46)71-62-31-17-13-27-54(62)58-43-41-56-52-25-11-15-29-60(52)69(64(56)66(58)71)48-22-8-3-9-23-48/h1-43H/i10D,11D,12D,13D,14D,15D,16D,17D,24D,25D,26D,27D,28D,29D,30D,31D,40D,41D,42D,43D. The average Bonchev–Trinajstić information content (AvgIpc) is 1.53. The third kappa shape index (κ3) is 5.87. The van der Waals surface area contributed by atoms with E-state index in [1.165, 1.54) is 0 Å². The topological polar surface area (TPSA) is 19.7 Å².